The van der Waals surface area contributed by atoms with E-state index in [-0.39, 0.29) is 11.4 Å². The van der Waals surface area contributed by atoms with Gasteiger partial charge in [-0.1, -0.05) is 12.1 Å². The van der Waals surface area contributed by atoms with E-state index in [1.165, 1.54) is 12.1 Å². The molecule has 2 aromatic carbocycles. The van der Waals surface area contributed by atoms with Crippen LogP contribution in [0.15, 0.2) is 48.5 Å². The molecule has 0 saturated carbocycles. The molecule has 1 amide bonds. The number of anilines is 3. The first-order valence-corrected chi connectivity index (χ1v) is 7.86. The number of aromatic nitrogens is 2. The van der Waals surface area contributed by atoms with E-state index in [4.69, 9.17) is 0 Å². The molecular formula is C19H16F2N4O. The Morgan fingerprint density at radius 3 is 2.46 bits per heavy atom. The zero-order valence-corrected chi connectivity index (χ0v) is 14.2. The Labute approximate surface area is 149 Å². The highest BCUT2D eigenvalue weighted by Crippen LogP contribution is 2.18. The number of hydrogen-bond donors (Lipinski definition) is 2. The van der Waals surface area contributed by atoms with Crippen molar-refractivity contribution in [3.8, 4) is 0 Å². The molecule has 0 aliphatic rings. The van der Waals surface area contributed by atoms with Crippen LogP contribution in [0.2, 0.25) is 0 Å². The minimum Gasteiger partial charge on any atom is -0.340 e. The quantitative estimate of drug-likeness (QED) is 0.730. The van der Waals surface area contributed by atoms with E-state index in [1.54, 1.807) is 6.92 Å². The van der Waals surface area contributed by atoms with Crippen molar-refractivity contribution in [3.63, 3.8) is 0 Å². The highest BCUT2D eigenvalue weighted by atomic mass is 19.2. The number of benzene rings is 2. The average molecular weight is 354 g/mol. The molecule has 26 heavy (non-hydrogen) atoms. The van der Waals surface area contributed by atoms with Gasteiger partial charge in [-0.2, -0.15) is 0 Å². The van der Waals surface area contributed by atoms with E-state index in [0.717, 1.165) is 23.4 Å². The van der Waals surface area contributed by atoms with Gasteiger partial charge in [0.05, 0.1) is 0 Å². The van der Waals surface area contributed by atoms with Crippen molar-refractivity contribution in [3.05, 3.63) is 77.2 Å². The molecule has 5 nitrogen and oxygen atoms in total. The molecule has 3 aromatic rings. The van der Waals surface area contributed by atoms with Crippen molar-refractivity contribution < 1.29 is 13.6 Å². The van der Waals surface area contributed by atoms with Gasteiger partial charge in [0.15, 0.2) is 11.6 Å². The summed E-state index contributed by atoms with van der Waals surface area (Å²) in [6.45, 7) is 3.63. The molecule has 132 valence electrons. The van der Waals surface area contributed by atoms with Crippen molar-refractivity contribution in [2.75, 3.05) is 10.6 Å². The van der Waals surface area contributed by atoms with Gasteiger partial charge in [0, 0.05) is 23.5 Å². The van der Waals surface area contributed by atoms with Crippen LogP contribution in [-0.4, -0.2) is 15.9 Å². The molecule has 0 unspecified atom stereocenters. The van der Waals surface area contributed by atoms with Crippen LogP contribution in [0.5, 0.6) is 0 Å². The lowest BCUT2D eigenvalue weighted by molar-refractivity contribution is 0.102. The zero-order valence-electron chi connectivity index (χ0n) is 14.2. The fourth-order valence-corrected chi connectivity index (χ4v) is 2.39. The third-order valence-electron chi connectivity index (χ3n) is 3.54. The number of carbonyl (C=O) groups is 1. The minimum absolute atomic E-state index is 0.109. The Hall–Kier alpha value is -3.35. The van der Waals surface area contributed by atoms with Crippen LogP contribution < -0.4 is 10.6 Å². The zero-order chi connectivity index (χ0) is 18.7. The highest BCUT2D eigenvalue weighted by Gasteiger charge is 2.12. The maximum atomic E-state index is 13.3. The number of nitrogens with zero attached hydrogens (tertiary/aromatic N) is 2. The Morgan fingerprint density at radius 1 is 0.923 bits per heavy atom. The fraction of sp³-hybridized carbons (Fsp3) is 0.105. The lowest BCUT2D eigenvalue weighted by Crippen LogP contribution is -2.15. The Morgan fingerprint density at radius 2 is 1.73 bits per heavy atom. The molecule has 0 spiro atoms. The number of nitrogens with one attached hydrogen (secondary N) is 2. The predicted molar refractivity (Wildman–Crippen MR) is 95.5 cm³/mol. The maximum Gasteiger partial charge on any atom is 0.274 e. The second-order valence-electron chi connectivity index (χ2n) is 5.76. The van der Waals surface area contributed by atoms with Crippen LogP contribution in [0, 0.1) is 25.5 Å². The van der Waals surface area contributed by atoms with Gasteiger partial charge in [-0.25, -0.2) is 18.7 Å². The number of aryl methyl sites for hydroxylation is 2. The van der Waals surface area contributed by atoms with E-state index in [0.29, 0.717) is 11.6 Å². The molecule has 7 heteroatoms. The number of halogens is 2. The molecule has 0 aliphatic carbocycles. The summed E-state index contributed by atoms with van der Waals surface area (Å²) >= 11 is 0. The van der Waals surface area contributed by atoms with Crippen LogP contribution in [-0.2, 0) is 0 Å². The Bertz CT molecular complexity index is 976. The van der Waals surface area contributed by atoms with Crippen molar-refractivity contribution in [2.24, 2.45) is 0 Å². The molecule has 0 radical (unpaired) electrons. The lowest BCUT2D eigenvalue weighted by Gasteiger charge is -2.10. The molecule has 1 heterocycles. The Kier molecular flexibility index (Phi) is 4.88. The molecule has 0 bridgehead atoms. The summed E-state index contributed by atoms with van der Waals surface area (Å²) in [5.41, 5.74) is 2.16. The summed E-state index contributed by atoms with van der Waals surface area (Å²) in [6.07, 6.45) is 0. The molecule has 2 N–H and O–H groups in total. The van der Waals surface area contributed by atoms with E-state index in [2.05, 4.69) is 20.6 Å². The number of hydrogen-bond acceptors (Lipinski definition) is 4. The molecular weight excluding hydrogens is 338 g/mol. The molecule has 1 aromatic heterocycles. The summed E-state index contributed by atoms with van der Waals surface area (Å²) in [4.78, 5) is 20.7. The van der Waals surface area contributed by atoms with Crippen molar-refractivity contribution in [2.45, 2.75) is 13.8 Å². The monoisotopic (exact) mass is 354 g/mol. The van der Waals surface area contributed by atoms with Crippen molar-refractivity contribution in [1.29, 1.82) is 0 Å². The third-order valence-corrected chi connectivity index (χ3v) is 3.54. The van der Waals surface area contributed by atoms with Gasteiger partial charge < -0.3 is 10.6 Å². The highest BCUT2D eigenvalue weighted by molar-refractivity contribution is 6.03. The van der Waals surface area contributed by atoms with E-state index in [9.17, 15) is 13.6 Å². The van der Waals surface area contributed by atoms with Crippen LogP contribution in [0.4, 0.5) is 26.0 Å². The average Bonchev–Trinajstić information content (AvgIpc) is 2.57. The summed E-state index contributed by atoms with van der Waals surface area (Å²) in [6, 6.07) is 12.3. The first-order valence-electron chi connectivity index (χ1n) is 7.86. The number of carbonyl (C=O) groups excluding carboxylic acids is 1. The summed E-state index contributed by atoms with van der Waals surface area (Å²) in [5, 5.41) is 5.61. The standard InChI is InChI=1S/C19H16F2N4O/c1-11-4-3-5-13(8-11)24-18-10-17(22-12(2)23-18)19(26)25-14-6-7-15(20)16(21)9-14/h3-10H,1-2H3,(H,25,26)(H,22,23,24). The van der Waals surface area contributed by atoms with Gasteiger partial charge in [0.25, 0.3) is 5.91 Å². The van der Waals surface area contributed by atoms with E-state index >= 15 is 0 Å². The normalized spacial score (nSPS) is 10.5. The van der Waals surface area contributed by atoms with Gasteiger partial charge in [-0.05, 0) is 43.7 Å². The van der Waals surface area contributed by atoms with Crippen LogP contribution in [0.25, 0.3) is 0 Å². The SMILES string of the molecule is Cc1cccc(Nc2cc(C(=O)Nc3ccc(F)c(F)c3)nc(C)n2)c1. The molecule has 0 atom stereocenters. The molecule has 0 fully saturated rings. The fourth-order valence-electron chi connectivity index (χ4n) is 2.39. The second-order valence-corrected chi connectivity index (χ2v) is 5.76. The molecule has 3 rings (SSSR count). The lowest BCUT2D eigenvalue weighted by atomic mass is 10.2. The third kappa shape index (κ3) is 4.18. The first-order chi connectivity index (χ1) is 12.4. The largest absolute Gasteiger partial charge is 0.340 e. The summed E-state index contributed by atoms with van der Waals surface area (Å²) in [5.74, 6) is -1.71. The predicted octanol–water partition coefficient (Wildman–Crippen LogP) is 4.37. The molecule has 0 saturated heterocycles. The Balaban J connectivity index is 1.82. The van der Waals surface area contributed by atoms with E-state index in [1.807, 2.05) is 31.2 Å². The van der Waals surface area contributed by atoms with Gasteiger partial charge >= 0.3 is 0 Å². The van der Waals surface area contributed by atoms with E-state index < -0.39 is 17.5 Å². The molecule has 0 aliphatic heterocycles. The topological polar surface area (TPSA) is 66.9 Å². The van der Waals surface area contributed by atoms with Crippen molar-refractivity contribution >= 4 is 23.1 Å². The first kappa shape index (κ1) is 17.5. The minimum atomic E-state index is -1.04. The van der Waals surface area contributed by atoms with Crippen LogP contribution in [0.1, 0.15) is 21.9 Å². The second kappa shape index (κ2) is 7.26. The number of rotatable bonds is 4. The van der Waals surface area contributed by atoms with Crippen LogP contribution >= 0.6 is 0 Å². The van der Waals surface area contributed by atoms with Crippen molar-refractivity contribution in [1.82, 2.24) is 9.97 Å². The number of amides is 1. The van der Waals surface area contributed by atoms with Gasteiger partial charge in [-0.3, -0.25) is 4.79 Å². The summed E-state index contributed by atoms with van der Waals surface area (Å²) in [7, 11) is 0. The van der Waals surface area contributed by atoms with Gasteiger partial charge in [0.1, 0.15) is 17.3 Å². The maximum absolute atomic E-state index is 13.3. The summed E-state index contributed by atoms with van der Waals surface area (Å²) < 4.78 is 26.3. The van der Waals surface area contributed by atoms with Gasteiger partial charge in [-0.15, -0.1) is 0 Å². The van der Waals surface area contributed by atoms with Crippen LogP contribution in [0.3, 0.4) is 0 Å². The van der Waals surface area contributed by atoms with Gasteiger partial charge in [0.2, 0.25) is 0 Å². The smallest absolute Gasteiger partial charge is 0.274 e.